The van der Waals surface area contributed by atoms with Crippen LogP contribution in [0.1, 0.15) is 13.3 Å². The van der Waals surface area contributed by atoms with E-state index in [9.17, 15) is 95.9 Å². The predicted molar refractivity (Wildman–Crippen MR) is 88.3 cm³/mol. The molecule has 0 aromatic carbocycles. The van der Waals surface area contributed by atoms with Gasteiger partial charge in [0.2, 0.25) is 0 Å². The van der Waals surface area contributed by atoms with Crippen molar-refractivity contribution in [1.29, 1.82) is 0 Å². The highest BCUT2D eigenvalue weighted by Crippen LogP contribution is 2.55. The van der Waals surface area contributed by atoms with E-state index in [1.54, 1.807) is 6.92 Å². The second-order valence-corrected chi connectivity index (χ2v) is 9.56. The lowest BCUT2D eigenvalue weighted by Crippen LogP contribution is -2.63. The minimum Gasteiger partial charge on any atom is -0.396 e. The van der Waals surface area contributed by atoms with E-state index in [4.69, 9.17) is 19.3 Å². The zero-order valence-electron chi connectivity index (χ0n) is 18.0. The number of aliphatic hydroxyl groups is 2. The van der Waals surface area contributed by atoms with E-state index in [1.165, 1.54) is 0 Å². The predicted octanol–water partition coefficient (Wildman–Crippen LogP) is 4.35. The van der Waals surface area contributed by atoms with Gasteiger partial charge in [0.1, 0.15) is 0 Å². The Bertz CT molecular complexity index is 952. The van der Waals surface area contributed by atoms with Crippen LogP contribution >= 0.6 is 0 Å². The van der Waals surface area contributed by atoms with Gasteiger partial charge in [0.25, 0.3) is 0 Å². The Hall–Kier alpha value is -1.52. The van der Waals surface area contributed by atoms with Crippen molar-refractivity contribution in [3.8, 4) is 0 Å². The zero-order chi connectivity index (χ0) is 34.0. The molecule has 0 aromatic rings. The molecule has 0 spiro atoms. The Labute approximate surface area is 209 Å². The molecule has 0 aliphatic heterocycles. The lowest BCUT2D eigenvalue weighted by Gasteiger charge is -2.31. The van der Waals surface area contributed by atoms with E-state index in [0.29, 0.717) is 6.42 Å². The van der Waals surface area contributed by atoms with Gasteiger partial charge >= 0.3 is 66.8 Å². The first kappa shape index (κ1) is 42.9. The molecule has 4 N–H and O–H groups in total. The van der Waals surface area contributed by atoms with Gasteiger partial charge in [-0.15, -0.1) is 0 Å². The van der Waals surface area contributed by atoms with Crippen LogP contribution in [-0.4, -0.2) is 95.4 Å². The van der Waals surface area contributed by atoms with Crippen LogP contribution in [0.3, 0.4) is 0 Å². The molecule has 28 heteroatoms. The Balaban J connectivity index is -0.000000569. The van der Waals surface area contributed by atoms with Crippen molar-refractivity contribution in [3.05, 3.63) is 0 Å². The van der Waals surface area contributed by atoms with Gasteiger partial charge in [0.05, 0.1) is 6.10 Å². The molecule has 0 saturated heterocycles. The molecule has 0 aromatic heterocycles. The lowest BCUT2D eigenvalue weighted by molar-refractivity contribution is -0.382. The third-order valence-corrected chi connectivity index (χ3v) is 5.24. The molecule has 0 aliphatic rings. The van der Waals surface area contributed by atoms with Crippen molar-refractivity contribution in [1.82, 2.24) is 0 Å². The number of hydrogen-bond donors (Lipinski definition) is 4. The first-order valence-electron chi connectivity index (χ1n) is 8.40. The van der Waals surface area contributed by atoms with Gasteiger partial charge in [0.15, 0.2) is 0 Å². The standard InChI is InChI=1S/2C4HF9O3S.C4H10O2/c2*5-1(6,3(9,10)11)2(7,8)4(12,13)17(14,15)16;1-4(6)2-3-5/h2*(H,14,15,16);4-6H,2-3H2,1H3. The fourth-order valence-corrected chi connectivity index (χ4v) is 2.14. The van der Waals surface area contributed by atoms with Crippen molar-refractivity contribution in [2.45, 2.75) is 66.0 Å². The molecule has 40 heavy (non-hydrogen) atoms. The zero-order valence-corrected chi connectivity index (χ0v) is 19.7. The quantitative estimate of drug-likeness (QED) is 0.217. The summed E-state index contributed by atoms with van der Waals surface area (Å²) in [5, 5.41) is 2.47. The van der Waals surface area contributed by atoms with Crippen LogP contribution in [0.4, 0.5) is 79.0 Å². The van der Waals surface area contributed by atoms with Crippen LogP contribution in [0.15, 0.2) is 0 Å². The summed E-state index contributed by atoms with van der Waals surface area (Å²) in [7, 11) is -14.3. The fraction of sp³-hybridized carbons (Fsp3) is 1.00. The summed E-state index contributed by atoms with van der Waals surface area (Å²) >= 11 is 0. The highest BCUT2D eigenvalue weighted by Gasteiger charge is 2.86. The summed E-state index contributed by atoms with van der Waals surface area (Å²) in [6.07, 6.45) is -14.1. The molecule has 0 radical (unpaired) electrons. The SMILES string of the molecule is CC(O)CCO.O=S(=O)(O)C(F)(F)C(F)(F)C(F)(F)C(F)(F)F.O=S(=O)(O)C(F)(F)C(F)(F)C(F)(F)C(F)(F)F. The average Bonchev–Trinajstić information content (AvgIpc) is 2.64. The van der Waals surface area contributed by atoms with E-state index >= 15 is 0 Å². The number of alkyl halides is 18. The van der Waals surface area contributed by atoms with E-state index < -0.39 is 66.8 Å². The monoisotopic (exact) mass is 690 g/mol. The maximum atomic E-state index is 12.2. The van der Waals surface area contributed by atoms with E-state index in [2.05, 4.69) is 0 Å². The van der Waals surface area contributed by atoms with Gasteiger partial charge in [-0.1, -0.05) is 0 Å². The van der Waals surface area contributed by atoms with Crippen LogP contribution in [-0.2, 0) is 20.2 Å². The van der Waals surface area contributed by atoms with Crippen LogP contribution in [0.5, 0.6) is 0 Å². The largest absolute Gasteiger partial charge is 0.460 e. The molecule has 0 rings (SSSR count). The van der Waals surface area contributed by atoms with Crippen molar-refractivity contribution in [2.24, 2.45) is 0 Å². The van der Waals surface area contributed by atoms with Gasteiger partial charge in [0, 0.05) is 6.61 Å². The molecule has 0 saturated carbocycles. The van der Waals surface area contributed by atoms with Gasteiger partial charge in [-0.3, -0.25) is 9.11 Å². The first-order chi connectivity index (χ1) is 16.8. The summed E-state index contributed by atoms with van der Waals surface area (Å²) < 4.78 is 268. The van der Waals surface area contributed by atoms with Gasteiger partial charge in [-0.2, -0.15) is 95.9 Å². The minimum atomic E-state index is -7.37. The second kappa shape index (κ2) is 12.4. The number of halogens is 18. The van der Waals surface area contributed by atoms with Gasteiger partial charge in [-0.05, 0) is 13.3 Å². The summed E-state index contributed by atoms with van der Waals surface area (Å²) in [5.41, 5.74) is 0. The normalized spacial score (nSPS) is 15.9. The van der Waals surface area contributed by atoms with E-state index in [1.807, 2.05) is 0 Å². The molecule has 8 nitrogen and oxygen atoms in total. The maximum Gasteiger partial charge on any atom is 0.460 e. The minimum absolute atomic E-state index is 0.0810. The Morgan fingerprint density at radius 2 is 0.725 bits per heavy atom. The van der Waals surface area contributed by atoms with Gasteiger partial charge < -0.3 is 10.2 Å². The highest BCUT2D eigenvalue weighted by molar-refractivity contribution is 7.87. The lowest BCUT2D eigenvalue weighted by atomic mass is 10.1. The molecule has 1 atom stereocenters. The summed E-state index contributed by atoms with van der Waals surface area (Å²) in [6.45, 7) is 1.73. The van der Waals surface area contributed by atoms with Crippen LogP contribution in [0.25, 0.3) is 0 Å². The smallest absolute Gasteiger partial charge is 0.396 e. The summed E-state index contributed by atoms with van der Waals surface area (Å²) in [5.74, 6) is -29.4. The van der Waals surface area contributed by atoms with Crippen LogP contribution < -0.4 is 0 Å². The summed E-state index contributed by atoms with van der Waals surface area (Å²) in [4.78, 5) is 0. The molecule has 0 aliphatic carbocycles. The fourth-order valence-electron chi connectivity index (χ4n) is 1.23. The van der Waals surface area contributed by atoms with Crippen LogP contribution in [0, 0.1) is 0 Å². The summed E-state index contributed by atoms with van der Waals surface area (Å²) in [6, 6.07) is 0. The number of rotatable bonds is 8. The molecular weight excluding hydrogens is 678 g/mol. The van der Waals surface area contributed by atoms with E-state index in [-0.39, 0.29) is 12.7 Å². The van der Waals surface area contributed by atoms with Crippen molar-refractivity contribution in [3.63, 3.8) is 0 Å². The molecule has 0 amide bonds. The highest BCUT2D eigenvalue weighted by atomic mass is 32.2. The Kier molecular flexibility index (Phi) is 13.3. The van der Waals surface area contributed by atoms with Crippen molar-refractivity contribution in [2.75, 3.05) is 6.61 Å². The van der Waals surface area contributed by atoms with Crippen LogP contribution in [0.2, 0.25) is 0 Å². The van der Waals surface area contributed by atoms with Crippen molar-refractivity contribution >= 4 is 20.2 Å². The average molecular weight is 690 g/mol. The molecule has 0 fully saturated rings. The molecule has 0 bridgehead atoms. The first-order valence-corrected chi connectivity index (χ1v) is 11.3. The van der Waals surface area contributed by atoms with Crippen molar-refractivity contribution < 1.29 is 115 Å². The topological polar surface area (TPSA) is 149 Å². The molecule has 246 valence electrons. The molecular formula is C12H12F18O8S2. The van der Waals surface area contributed by atoms with E-state index in [0.717, 1.165) is 0 Å². The number of hydrogen-bond acceptors (Lipinski definition) is 6. The Morgan fingerprint density at radius 3 is 0.800 bits per heavy atom. The third-order valence-electron chi connectivity index (χ3n) is 3.43. The van der Waals surface area contributed by atoms with Gasteiger partial charge in [-0.25, -0.2) is 0 Å². The third kappa shape index (κ3) is 8.51. The molecule has 0 heterocycles. The molecule has 1 unspecified atom stereocenters. The second-order valence-electron chi connectivity index (χ2n) is 6.64. The number of aliphatic hydroxyl groups excluding tert-OH is 2. The maximum absolute atomic E-state index is 12.2. The Morgan fingerprint density at radius 1 is 0.525 bits per heavy atom.